The van der Waals surface area contributed by atoms with E-state index in [1.54, 1.807) is 12.7 Å². The van der Waals surface area contributed by atoms with E-state index >= 15 is 0 Å². The predicted octanol–water partition coefficient (Wildman–Crippen LogP) is 0.383. The number of aliphatic hydroxyl groups excluding tert-OH is 1. The molecule has 2 unspecified atom stereocenters. The van der Waals surface area contributed by atoms with Crippen LogP contribution in [-0.4, -0.2) is 104 Å². The number of fused-ring (bicyclic) bond motifs is 6. The van der Waals surface area contributed by atoms with Crippen LogP contribution in [0.5, 0.6) is 0 Å². The van der Waals surface area contributed by atoms with E-state index in [9.17, 15) is 5.11 Å². The normalized spacial score (nSPS) is 39.6. The van der Waals surface area contributed by atoms with Crippen LogP contribution in [0.4, 0.5) is 11.6 Å². The topological polar surface area (TPSA) is 241 Å². The summed E-state index contributed by atoms with van der Waals surface area (Å²) in [6.45, 7) is 8.25. The van der Waals surface area contributed by atoms with Crippen molar-refractivity contribution in [3.05, 3.63) is 25.3 Å². The van der Waals surface area contributed by atoms with Gasteiger partial charge in [0.25, 0.3) is 0 Å². The Morgan fingerprint density at radius 1 is 0.688 bits per heavy atom. The summed E-state index contributed by atoms with van der Waals surface area (Å²) in [5, 5.41) is 9.57. The largest absolute Gasteiger partial charge is 0.396 e. The molecule has 4 aliphatic heterocycles. The summed E-state index contributed by atoms with van der Waals surface area (Å²) < 4.78 is 40.9. The molecule has 8 heterocycles. The number of ether oxygens (including phenoxy) is 6. The number of rotatable bonds is 4. The molecule has 6 fully saturated rings. The van der Waals surface area contributed by atoms with Gasteiger partial charge in [0.1, 0.15) is 59.3 Å². The van der Waals surface area contributed by atoms with Crippen molar-refractivity contribution in [1.29, 1.82) is 0 Å². The number of imidazole rings is 2. The Hall–Kier alpha value is -3.62. The van der Waals surface area contributed by atoms with Crippen LogP contribution < -0.4 is 17.2 Å². The lowest BCUT2D eigenvalue weighted by Crippen LogP contribution is -2.34. The Morgan fingerprint density at radius 3 is 1.56 bits per heavy atom. The Bertz CT molecular complexity index is 1780. The van der Waals surface area contributed by atoms with Crippen LogP contribution >= 0.6 is 0 Å². The highest BCUT2D eigenvalue weighted by Crippen LogP contribution is 2.63. The van der Waals surface area contributed by atoms with Gasteiger partial charge in [0.2, 0.25) is 0 Å². The molecule has 6 aliphatic rings. The maximum absolute atomic E-state index is 9.57. The third-order valence-corrected chi connectivity index (χ3v) is 10.5. The van der Waals surface area contributed by atoms with Crippen molar-refractivity contribution in [2.75, 3.05) is 24.6 Å². The molecule has 4 aromatic rings. The average molecular weight is 666 g/mol. The minimum Gasteiger partial charge on any atom is -0.396 e. The van der Waals surface area contributed by atoms with Crippen LogP contribution in [0.2, 0.25) is 0 Å². The van der Waals surface area contributed by atoms with Crippen molar-refractivity contribution >= 4 is 34.0 Å². The molecule has 2 saturated carbocycles. The molecule has 0 aromatic carbocycles. The zero-order valence-electron chi connectivity index (χ0n) is 27.0. The van der Waals surface area contributed by atoms with Gasteiger partial charge in [-0.05, 0) is 47.1 Å². The molecule has 0 amide bonds. The van der Waals surface area contributed by atoms with Crippen LogP contribution in [0.15, 0.2) is 25.3 Å². The van der Waals surface area contributed by atoms with Gasteiger partial charge in [-0.1, -0.05) is 0 Å². The number of aliphatic hydroxyl groups is 1. The van der Waals surface area contributed by atoms with E-state index < -0.39 is 23.4 Å². The first-order valence-electron chi connectivity index (χ1n) is 16.1. The number of hydrogen-bond donors (Lipinski definition) is 4. The first-order valence-corrected chi connectivity index (χ1v) is 16.1. The highest BCUT2D eigenvalue weighted by Gasteiger charge is 2.74. The summed E-state index contributed by atoms with van der Waals surface area (Å²) in [5.41, 5.74) is 19.1. The van der Waals surface area contributed by atoms with Gasteiger partial charge in [-0.2, -0.15) is 0 Å². The maximum Gasteiger partial charge on any atom is 0.167 e. The van der Waals surface area contributed by atoms with E-state index in [1.807, 2.05) is 36.8 Å². The highest BCUT2D eigenvalue weighted by molar-refractivity contribution is 5.81. The number of aromatic nitrogens is 8. The number of nitrogens with two attached hydrogens (primary N) is 3. The minimum atomic E-state index is -0.697. The van der Waals surface area contributed by atoms with Crippen molar-refractivity contribution < 1.29 is 33.5 Å². The van der Waals surface area contributed by atoms with Crippen LogP contribution in [0.25, 0.3) is 22.3 Å². The second-order valence-corrected chi connectivity index (χ2v) is 14.4. The van der Waals surface area contributed by atoms with Crippen LogP contribution in [0.1, 0.15) is 53.0 Å². The fraction of sp³-hybridized carbons (Fsp3) is 0.667. The molecule has 18 heteroatoms. The van der Waals surface area contributed by atoms with Crippen molar-refractivity contribution in [2.45, 2.75) is 100 Å². The lowest BCUT2D eigenvalue weighted by molar-refractivity contribution is -0.204. The van der Waals surface area contributed by atoms with Gasteiger partial charge in [-0.3, -0.25) is 9.13 Å². The second-order valence-electron chi connectivity index (χ2n) is 14.4. The number of anilines is 2. The van der Waals surface area contributed by atoms with Gasteiger partial charge in [0.15, 0.2) is 47.0 Å². The fourth-order valence-corrected chi connectivity index (χ4v) is 8.15. The monoisotopic (exact) mass is 665 g/mol. The van der Waals surface area contributed by atoms with Crippen LogP contribution in [0, 0.1) is 11.8 Å². The fourth-order valence-electron chi connectivity index (χ4n) is 8.15. The van der Waals surface area contributed by atoms with Crippen molar-refractivity contribution in [1.82, 2.24) is 39.0 Å². The van der Waals surface area contributed by atoms with Crippen LogP contribution in [-0.2, 0) is 28.4 Å². The Balaban J connectivity index is 0.000000131. The number of nitrogens with zero attached hydrogens (tertiary/aromatic N) is 8. The third-order valence-electron chi connectivity index (χ3n) is 10.5. The second kappa shape index (κ2) is 9.97. The molecule has 10 rings (SSSR count). The van der Waals surface area contributed by atoms with Gasteiger partial charge in [-0.15, -0.1) is 0 Å². The summed E-state index contributed by atoms with van der Waals surface area (Å²) in [4.78, 5) is 25.2. The van der Waals surface area contributed by atoms with Gasteiger partial charge in [0, 0.05) is 18.4 Å². The Kier molecular flexibility index (Phi) is 6.33. The minimum absolute atomic E-state index is 0.0574. The molecule has 0 bridgehead atoms. The number of hydrogen-bond acceptors (Lipinski definition) is 16. The first kappa shape index (κ1) is 30.4. The van der Waals surface area contributed by atoms with E-state index in [0.29, 0.717) is 40.5 Å². The predicted molar refractivity (Wildman–Crippen MR) is 165 cm³/mol. The first-order chi connectivity index (χ1) is 22.9. The highest BCUT2D eigenvalue weighted by atomic mass is 16.8. The van der Waals surface area contributed by atoms with Gasteiger partial charge >= 0.3 is 0 Å². The molecule has 18 nitrogen and oxygen atoms in total. The molecule has 2 spiro atoms. The lowest BCUT2D eigenvalue weighted by atomic mass is 10.1. The van der Waals surface area contributed by atoms with E-state index in [0.717, 1.165) is 12.8 Å². The zero-order valence-corrected chi connectivity index (χ0v) is 27.0. The Morgan fingerprint density at radius 2 is 1.15 bits per heavy atom. The van der Waals surface area contributed by atoms with Gasteiger partial charge in [0.05, 0.1) is 12.7 Å². The summed E-state index contributed by atoms with van der Waals surface area (Å²) >= 11 is 0. The number of nitrogen functional groups attached to an aromatic ring is 2. The molecule has 10 atom stereocenters. The molecular weight excluding hydrogens is 626 g/mol. The molecular formula is C30H39N11O7. The molecule has 4 aromatic heterocycles. The van der Waals surface area contributed by atoms with Crippen LogP contribution in [0.3, 0.4) is 0 Å². The molecule has 4 saturated heterocycles. The third kappa shape index (κ3) is 4.27. The Labute approximate surface area is 274 Å². The summed E-state index contributed by atoms with van der Waals surface area (Å²) in [6.07, 6.45) is 6.03. The quantitative estimate of drug-likeness (QED) is 0.230. The molecule has 2 aliphatic carbocycles. The summed E-state index contributed by atoms with van der Waals surface area (Å²) in [6, 6.07) is 0. The van der Waals surface area contributed by atoms with Crippen molar-refractivity contribution in [3.8, 4) is 0 Å². The van der Waals surface area contributed by atoms with Gasteiger partial charge in [-0.25, -0.2) is 29.9 Å². The maximum atomic E-state index is 9.57. The summed E-state index contributed by atoms with van der Waals surface area (Å²) in [5.74, 6) is -0.345. The van der Waals surface area contributed by atoms with E-state index in [-0.39, 0.29) is 54.7 Å². The lowest BCUT2D eigenvalue weighted by Gasteiger charge is -2.25. The van der Waals surface area contributed by atoms with Gasteiger partial charge < -0.3 is 50.7 Å². The van der Waals surface area contributed by atoms with Crippen molar-refractivity contribution in [2.24, 2.45) is 17.6 Å². The molecule has 256 valence electrons. The smallest absolute Gasteiger partial charge is 0.167 e. The van der Waals surface area contributed by atoms with E-state index in [2.05, 4.69) is 29.9 Å². The van der Waals surface area contributed by atoms with E-state index in [4.69, 9.17) is 45.6 Å². The average Bonchev–Trinajstić information content (AvgIpc) is 3.38. The molecule has 0 radical (unpaired) electrons. The zero-order chi connectivity index (χ0) is 33.4. The summed E-state index contributed by atoms with van der Waals surface area (Å²) in [7, 11) is 0. The van der Waals surface area contributed by atoms with Crippen molar-refractivity contribution in [3.63, 3.8) is 0 Å². The molecule has 48 heavy (non-hydrogen) atoms. The standard InChI is InChI=1S/C15H20N6O3.C15H19N5O4/c1-14(2)22-9-10(23-14)15(3-7(15)4-16)24-13(9)21-6-20-8-11(17)18-5-19-12(8)21;1-14(2)22-9-10(23-14)15(3-7(15)4-21)24-13(9)20-6-19-8-11(16)17-5-18-12(8)20/h5-7,9-10,13H,3-4,16H2,1-2H3,(H2,17,18,19);5-7,9-10,13,21H,3-4H2,1-2H3,(H2,16,17,18)/t7-,9?,10+,13+,15+;7-,9?,10-,13-,15+/m01/s1. The molecule has 7 N–H and O–H groups in total. The van der Waals surface area contributed by atoms with E-state index in [1.165, 1.54) is 12.7 Å². The SMILES string of the molecule is CC1(C)OC2[C@H](n3cnc4c(N)ncnc43)O[C@@]3(C[C@H]3CN)[C@@H]2O1.CC1(C)OC2[C@H](n3cnc4c(N)ncnc43)O[C@]3(C[C@@H]3CO)[C@@H]2O1.